The Balaban J connectivity index is 2.05. The molecule has 21 heavy (non-hydrogen) atoms. The van der Waals surface area contributed by atoms with Crippen molar-refractivity contribution in [1.29, 1.82) is 0 Å². The lowest BCUT2D eigenvalue weighted by atomic mass is 10.1. The number of nitrogens with zero attached hydrogens (tertiary/aromatic N) is 2. The summed E-state index contributed by atoms with van der Waals surface area (Å²) in [5.74, 6) is 0. The van der Waals surface area contributed by atoms with Crippen molar-refractivity contribution < 1.29 is 0 Å². The van der Waals surface area contributed by atoms with Gasteiger partial charge in [-0.2, -0.15) is 0 Å². The van der Waals surface area contributed by atoms with Gasteiger partial charge in [0.05, 0.1) is 11.0 Å². The highest BCUT2D eigenvalue weighted by molar-refractivity contribution is 14.1. The zero-order chi connectivity index (χ0) is 14.2. The van der Waals surface area contributed by atoms with Crippen LogP contribution < -0.4 is 0 Å². The third-order valence-corrected chi connectivity index (χ3v) is 4.32. The molecule has 0 saturated carbocycles. The molecule has 0 unspecified atom stereocenters. The van der Waals surface area contributed by atoms with Crippen LogP contribution in [0.4, 0.5) is 0 Å². The second kappa shape index (κ2) is 5.07. The van der Waals surface area contributed by atoms with E-state index in [1.807, 2.05) is 36.4 Å². The van der Waals surface area contributed by atoms with Gasteiger partial charge in [-0.25, -0.2) is 9.97 Å². The maximum Gasteiger partial charge on any atom is 0.128 e. The lowest BCUT2D eigenvalue weighted by Gasteiger charge is -2.07. The van der Waals surface area contributed by atoms with Gasteiger partial charge in [-0.3, -0.25) is 0 Å². The smallest absolute Gasteiger partial charge is 0.128 e. The minimum Gasteiger partial charge on any atom is -0.243 e. The van der Waals surface area contributed by atoms with Gasteiger partial charge in [-0.05, 0) is 34.0 Å². The summed E-state index contributed by atoms with van der Waals surface area (Å²) in [6, 6.07) is 22.7. The van der Waals surface area contributed by atoms with Crippen LogP contribution >= 0.6 is 22.6 Å². The Hall–Kier alpha value is -2.01. The molecule has 0 spiro atoms. The van der Waals surface area contributed by atoms with Gasteiger partial charge in [0, 0.05) is 10.9 Å². The summed E-state index contributed by atoms with van der Waals surface area (Å²) in [7, 11) is 0. The molecule has 0 radical (unpaired) electrons. The summed E-state index contributed by atoms with van der Waals surface area (Å²) in [5, 5.41) is 2.35. The summed E-state index contributed by atoms with van der Waals surface area (Å²) in [5.41, 5.74) is 3.95. The second-order valence-corrected chi connectivity index (χ2v) is 5.91. The average Bonchev–Trinajstić information content (AvgIpc) is 2.55. The molecule has 0 bridgehead atoms. The normalized spacial score (nSPS) is 11.1. The van der Waals surface area contributed by atoms with E-state index in [2.05, 4.69) is 52.9 Å². The van der Waals surface area contributed by atoms with E-state index in [0.29, 0.717) is 0 Å². The number of aromatic nitrogens is 2. The summed E-state index contributed by atoms with van der Waals surface area (Å²) >= 11 is 2.27. The molecule has 3 aromatic carbocycles. The van der Waals surface area contributed by atoms with Gasteiger partial charge in [0.25, 0.3) is 0 Å². The van der Waals surface area contributed by atoms with Crippen LogP contribution in [0.1, 0.15) is 0 Å². The molecule has 0 N–H and O–H groups in total. The monoisotopic (exact) mass is 382 g/mol. The molecule has 0 amide bonds. The van der Waals surface area contributed by atoms with Gasteiger partial charge in [0.2, 0.25) is 0 Å². The third-order valence-electron chi connectivity index (χ3n) is 3.56. The van der Waals surface area contributed by atoms with Gasteiger partial charge in [0.1, 0.15) is 9.39 Å². The Morgan fingerprint density at radius 1 is 0.714 bits per heavy atom. The summed E-state index contributed by atoms with van der Waals surface area (Å²) < 4.78 is 0.933. The van der Waals surface area contributed by atoms with E-state index in [9.17, 15) is 0 Å². The summed E-state index contributed by atoms with van der Waals surface area (Å²) in [4.78, 5) is 9.63. The molecule has 3 heteroatoms. The van der Waals surface area contributed by atoms with Gasteiger partial charge in [0.15, 0.2) is 0 Å². The molecule has 1 heterocycles. The molecule has 0 fully saturated rings. The van der Waals surface area contributed by atoms with Gasteiger partial charge < -0.3 is 0 Å². The quantitative estimate of drug-likeness (QED) is 0.340. The van der Waals surface area contributed by atoms with Gasteiger partial charge >= 0.3 is 0 Å². The summed E-state index contributed by atoms with van der Waals surface area (Å²) in [6.07, 6.45) is 0. The Morgan fingerprint density at radius 2 is 1.48 bits per heavy atom. The molecule has 0 aliphatic rings. The van der Waals surface area contributed by atoms with E-state index < -0.39 is 0 Å². The van der Waals surface area contributed by atoms with Crippen molar-refractivity contribution in [1.82, 2.24) is 9.97 Å². The first-order chi connectivity index (χ1) is 10.3. The SMILES string of the molecule is Ic1nc2c(ccc3ccccc32)nc1-c1ccccc1. The van der Waals surface area contributed by atoms with Crippen molar-refractivity contribution in [2.75, 3.05) is 0 Å². The van der Waals surface area contributed by atoms with Crippen LogP contribution in [-0.2, 0) is 0 Å². The molecule has 0 atom stereocenters. The van der Waals surface area contributed by atoms with Crippen molar-refractivity contribution in [3.05, 3.63) is 70.4 Å². The Kier molecular flexibility index (Phi) is 3.07. The Labute approximate surface area is 136 Å². The number of fused-ring (bicyclic) bond motifs is 3. The number of hydrogen-bond acceptors (Lipinski definition) is 2. The molecular weight excluding hydrogens is 371 g/mol. The fraction of sp³-hybridized carbons (Fsp3) is 0. The van der Waals surface area contributed by atoms with Crippen molar-refractivity contribution in [2.45, 2.75) is 0 Å². The first-order valence-electron chi connectivity index (χ1n) is 6.73. The zero-order valence-corrected chi connectivity index (χ0v) is 13.3. The number of benzene rings is 3. The Bertz CT molecular complexity index is 949. The molecule has 0 aliphatic heterocycles. The third kappa shape index (κ3) is 2.17. The predicted octanol–water partition coefficient (Wildman–Crippen LogP) is 5.05. The topological polar surface area (TPSA) is 25.8 Å². The van der Waals surface area contributed by atoms with Gasteiger partial charge in [-0.15, -0.1) is 0 Å². The average molecular weight is 382 g/mol. The van der Waals surface area contributed by atoms with Gasteiger partial charge in [-0.1, -0.05) is 60.7 Å². The van der Waals surface area contributed by atoms with E-state index in [-0.39, 0.29) is 0 Å². The molecule has 4 rings (SSSR count). The van der Waals surface area contributed by atoms with Crippen LogP contribution in [0, 0.1) is 3.70 Å². The maximum absolute atomic E-state index is 4.83. The van der Waals surface area contributed by atoms with E-state index in [1.165, 1.54) is 5.39 Å². The Morgan fingerprint density at radius 3 is 2.33 bits per heavy atom. The number of rotatable bonds is 1. The van der Waals surface area contributed by atoms with E-state index in [4.69, 9.17) is 9.97 Å². The lowest BCUT2D eigenvalue weighted by molar-refractivity contribution is 1.26. The first kappa shape index (κ1) is 12.7. The first-order valence-corrected chi connectivity index (χ1v) is 7.81. The number of halogens is 1. The zero-order valence-electron chi connectivity index (χ0n) is 11.1. The highest BCUT2D eigenvalue weighted by Gasteiger charge is 2.10. The largest absolute Gasteiger partial charge is 0.243 e. The van der Waals surface area contributed by atoms with Crippen molar-refractivity contribution in [3.8, 4) is 11.3 Å². The number of hydrogen-bond donors (Lipinski definition) is 0. The maximum atomic E-state index is 4.83. The second-order valence-electron chi connectivity index (χ2n) is 4.88. The van der Waals surface area contributed by atoms with Crippen molar-refractivity contribution in [3.63, 3.8) is 0 Å². The molecule has 0 aliphatic carbocycles. The van der Waals surface area contributed by atoms with Crippen LogP contribution in [0.3, 0.4) is 0 Å². The van der Waals surface area contributed by atoms with Crippen LogP contribution in [0.15, 0.2) is 66.7 Å². The summed E-state index contributed by atoms with van der Waals surface area (Å²) in [6.45, 7) is 0. The van der Waals surface area contributed by atoms with Crippen molar-refractivity contribution in [2.24, 2.45) is 0 Å². The standard InChI is InChI=1S/C18H11IN2/c19-18-16(13-7-2-1-3-8-13)20-15-11-10-12-6-4-5-9-14(12)17(15)21-18/h1-11H. The molecule has 1 aromatic heterocycles. The molecule has 0 saturated heterocycles. The predicted molar refractivity (Wildman–Crippen MR) is 95.2 cm³/mol. The highest BCUT2D eigenvalue weighted by Crippen LogP contribution is 2.28. The lowest BCUT2D eigenvalue weighted by Crippen LogP contribution is -1.94. The molecular formula is C18H11IN2. The van der Waals surface area contributed by atoms with E-state index in [0.717, 1.165) is 31.4 Å². The fourth-order valence-electron chi connectivity index (χ4n) is 2.55. The van der Waals surface area contributed by atoms with Crippen molar-refractivity contribution >= 4 is 44.4 Å². The fourth-order valence-corrected chi connectivity index (χ4v) is 3.22. The van der Waals surface area contributed by atoms with E-state index in [1.54, 1.807) is 0 Å². The van der Waals surface area contributed by atoms with Crippen LogP contribution in [-0.4, -0.2) is 9.97 Å². The van der Waals surface area contributed by atoms with E-state index >= 15 is 0 Å². The van der Waals surface area contributed by atoms with Crippen LogP contribution in [0.25, 0.3) is 33.1 Å². The molecule has 100 valence electrons. The molecule has 2 nitrogen and oxygen atoms in total. The minimum atomic E-state index is 0.933. The molecule has 4 aromatic rings. The van der Waals surface area contributed by atoms with Crippen LogP contribution in [0.2, 0.25) is 0 Å². The highest BCUT2D eigenvalue weighted by atomic mass is 127. The van der Waals surface area contributed by atoms with Crippen LogP contribution in [0.5, 0.6) is 0 Å². The minimum absolute atomic E-state index is 0.933.